The second-order valence-electron chi connectivity index (χ2n) is 3.34. The minimum Gasteiger partial charge on any atom is -0.339 e. The molecule has 0 saturated carbocycles. The number of carbonyl (C=O) groups is 1. The predicted octanol–water partition coefficient (Wildman–Crippen LogP) is 2.17. The van der Waals surface area contributed by atoms with E-state index in [2.05, 4.69) is 5.32 Å². The minimum absolute atomic E-state index is 0.0532. The molecule has 82 valence electrons. The van der Waals surface area contributed by atoms with Crippen LogP contribution < -0.4 is 10.4 Å². The van der Waals surface area contributed by atoms with Crippen LogP contribution in [0.2, 0.25) is 0 Å². The first-order valence-electron chi connectivity index (χ1n) is 4.88. The molecule has 0 spiro atoms. The number of carbonyl (C=O) groups excluding carboxylic acids is 1. The molecule has 0 aromatic heterocycles. The van der Waals surface area contributed by atoms with Crippen molar-refractivity contribution in [3.63, 3.8) is 0 Å². The maximum absolute atomic E-state index is 11.5. The molecule has 0 radical (unpaired) electrons. The molecule has 0 atom stereocenters. The molecule has 1 N–H and O–H groups in total. The van der Waals surface area contributed by atoms with Crippen LogP contribution in [-0.2, 0) is 4.84 Å². The highest BCUT2D eigenvalue weighted by molar-refractivity contribution is 5.89. The van der Waals surface area contributed by atoms with E-state index in [0.29, 0.717) is 5.69 Å². The van der Waals surface area contributed by atoms with Crippen LogP contribution in [0.1, 0.15) is 13.8 Å². The largest absolute Gasteiger partial charge is 0.345 e. The van der Waals surface area contributed by atoms with Crippen LogP contribution in [0.15, 0.2) is 30.3 Å². The van der Waals surface area contributed by atoms with Gasteiger partial charge < -0.3 is 5.32 Å². The highest BCUT2D eigenvalue weighted by Gasteiger charge is 2.16. The normalized spacial score (nSPS) is 10.1. The average Bonchev–Trinajstić information content (AvgIpc) is 2.26. The number of hydroxylamine groups is 1. The molecule has 1 aromatic carbocycles. The van der Waals surface area contributed by atoms with E-state index in [1.807, 2.05) is 44.2 Å². The molecule has 0 fully saturated rings. The molecule has 15 heavy (non-hydrogen) atoms. The Morgan fingerprint density at radius 1 is 1.33 bits per heavy atom. The van der Waals surface area contributed by atoms with Gasteiger partial charge in [0.15, 0.2) is 0 Å². The zero-order chi connectivity index (χ0) is 11.3. The number of para-hydroxylation sites is 1. The van der Waals surface area contributed by atoms with Gasteiger partial charge >= 0.3 is 6.03 Å². The van der Waals surface area contributed by atoms with E-state index in [0.717, 1.165) is 0 Å². The third-order valence-corrected chi connectivity index (χ3v) is 1.71. The van der Waals surface area contributed by atoms with Crippen LogP contribution >= 0.6 is 0 Å². The zero-order valence-electron chi connectivity index (χ0n) is 9.23. The van der Waals surface area contributed by atoms with Crippen molar-refractivity contribution in [2.45, 2.75) is 20.0 Å². The highest BCUT2D eigenvalue weighted by Crippen LogP contribution is 2.14. The van der Waals surface area contributed by atoms with Crippen LogP contribution in [0.4, 0.5) is 10.5 Å². The molecule has 1 aromatic rings. The van der Waals surface area contributed by atoms with Crippen molar-refractivity contribution in [2.75, 3.05) is 12.1 Å². The number of amides is 2. The molecular formula is C11H16N2O2. The summed E-state index contributed by atoms with van der Waals surface area (Å²) in [4.78, 5) is 16.9. The van der Waals surface area contributed by atoms with Gasteiger partial charge in [0.2, 0.25) is 0 Å². The van der Waals surface area contributed by atoms with E-state index < -0.39 is 0 Å². The summed E-state index contributed by atoms with van der Waals surface area (Å²) >= 11 is 0. The Balaban J connectivity index is 2.86. The first kappa shape index (κ1) is 11.5. The van der Waals surface area contributed by atoms with Gasteiger partial charge in [0.25, 0.3) is 0 Å². The van der Waals surface area contributed by atoms with E-state index >= 15 is 0 Å². The molecule has 0 aliphatic rings. The van der Waals surface area contributed by atoms with Crippen molar-refractivity contribution in [2.24, 2.45) is 0 Å². The SMILES string of the molecule is CNC(=O)N(OC(C)C)c1ccccc1. The van der Waals surface area contributed by atoms with Gasteiger partial charge in [-0.1, -0.05) is 18.2 Å². The summed E-state index contributed by atoms with van der Waals surface area (Å²) in [6.45, 7) is 3.75. The third kappa shape index (κ3) is 3.25. The Kier molecular flexibility index (Phi) is 4.12. The molecule has 4 nitrogen and oxygen atoms in total. The molecule has 0 bridgehead atoms. The van der Waals surface area contributed by atoms with Gasteiger partial charge in [-0.05, 0) is 26.0 Å². The van der Waals surface area contributed by atoms with Crippen LogP contribution in [0.25, 0.3) is 0 Å². The lowest BCUT2D eigenvalue weighted by atomic mass is 10.3. The third-order valence-electron chi connectivity index (χ3n) is 1.71. The van der Waals surface area contributed by atoms with Crippen LogP contribution in [0.5, 0.6) is 0 Å². The second kappa shape index (κ2) is 5.36. The molecule has 0 heterocycles. The summed E-state index contributed by atoms with van der Waals surface area (Å²) in [7, 11) is 1.57. The van der Waals surface area contributed by atoms with Crippen molar-refractivity contribution in [3.05, 3.63) is 30.3 Å². The minimum atomic E-state index is -0.283. The fourth-order valence-electron chi connectivity index (χ4n) is 1.10. The van der Waals surface area contributed by atoms with Gasteiger partial charge in [0.05, 0.1) is 11.8 Å². The van der Waals surface area contributed by atoms with E-state index in [9.17, 15) is 4.79 Å². The first-order valence-corrected chi connectivity index (χ1v) is 4.88. The van der Waals surface area contributed by atoms with Crippen molar-refractivity contribution in [3.8, 4) is 0 Å². The van der Waals surface area contributed by atoms with Crippen molar-refractivity contribution < 1.29 is 9.63 Å². The Morgan fingerprint density at radius 2 is 1.93 bits per heavy atom. The molecule has 0 saturated heterocycles. The number of hydrogen-bond acceptors (Lipinski definition) is 2. The van der Waals surface area contributed by atoms with E-state index in [4.69, 9.17) is 4.84 Å². The Labute approximate surface area is 89.8 Å². The molecule has 0 aliphatic carbocycles. The number of urea groups is 1. The smallest absolute Gasteiger partial charge is 0.339 e. The lowest BCUT2D eigenvalue weighted by Crippen LogP contribution is -2.39. The molecule has 0 unspecified atom stereocenters. The molecule has 4 heteroatoms. The van der Waals surface area contributed by atoms with Crippen LogP contribution in [-0.4, -0.2) is 19.2 Å². The number of rotatable bonds is 3. The van der Waals surface area contributed by atoms with Gasteiger partial charge in [-0.3, -0.25) is 4.84 Å². The average molecular weight is 208 g/mol. The maximum Gasteiger partial charge on any atom is 0.345 e. The summed E-state index contributed by atoms with van der Waals surface area (Å²) in [5.41, 5.74) is 0.713. The predicted molar refractivity (Wildman–Crippen MR) is 59.6 cm³/mol. The molecule has 1 rings (SSSR count). The van der Waals surface area contributed by atoms with E-state index in [1.54, 1.807) is 7.05 Å². The zero-order valence-corrected chi connectivity index (χ0v) is 9.23. The second-order valence-corrected chi connectivity index (χ2v) is 3.34. The highest BCUT2D eigenvalue weighted by atomic mass is 16.7. The number of nitrogens with one attached hydrogen (secondary N) is 1. The lowest BCUT2D eigenvalue weighted by Gasteiger charge is -2.23. The van der Waals surface area contributed by atoms with Gasteiger partial charge in [-0.2, -0.15) is 5.06 Å². The quantitative estimate of drug-likeness (QED) is 0.773. The summed E-state index contributed by atoms with van der Waals surface area (Å²) in [5.74, 6) is 0. The van der Waals surface area contributed by atoms with Crippen molar-refractivity contribution in [1.29, 1.82) is 0 Å². The molecular weight excluding hydrogens is 192 g/mol. The van der Waals surface area contributed by atoms with Crippen LogP contribution in [0, 0.1) is 0 Å². The fourth-order valence-corrected chi connectivity index (χ4v) is 1.10. The van der Waals surface area contributed by atoms with Gasteiger partial charge in [-0.25, -0.2) is 4.79 Å². The topological polar surface area (TPSA) is 41.6 Å². The Hall–Kier alpha value is -1.55. The van der Waals surface area contributed by atoms with E-state index in [1.165, 1.54) is 5.06 Å². The summed E-state index contributed by atoms with van der Waals surface area (Å²) in [5, 5.41) is 3.79. The van der Waals surface area contributed by atoms with Gasteiger partial charge in [0, 0.05) is 7.05 Å². The summed E-state index contributed by atoms with van der Waals surface area (Å²) in [6.07, 6.45) is -0.0532. The van der Waals surface area contributed by atoms with Gasteiger partial charge in [0.1, 0.15) is 0 Å². The Bertz CT molecular complexity index is 312. The first-order chi connectivity index (χ1) is 7.15. The monoisotopic (exact) mass is 208 g/mol. The molecule has 2 amide bonds. The standard InChI is InChI=1S/C11H16N2O2/c1-9(2)15-13(11(14)12-3)10-7-5-4-6-8-10/h4-9H,1-3H3,(H,12,14). The summed E-state index contributed by atoms with van der Waals surface area (Å²) < 4.78 is 0. The van der Waals surface area contributed by atoms with Crippen molar-refractivity contribution in [1.82, 2.24) is 5.32 Å². The Morgan fingerprint density at radius 3 is 2.40 bits per heavy atom. The lowest BCUT2D eigenvalue weighted by molar-refractivity contribution is 0.0692. The number of hydrogen-bond donors (Lipinski definition) is 1. The van der Waals surface area contributed by atoms with Crippen molar-refractivity contribution >= 4 is 11.7 Å². The maximum atomic E-state index is 11.5. The molecule has 0 aliphatic heterocycles. The fraction of sp³-hybridized carbons (Fsp3) is 0.364. The van der Waals surface area contributed by atoms with Crippen LogP contribution in [0.3, 0.4) is 0 Å². The number of nitrogens with zero attached hydrogens (tertiary/aromatic N) is 1. The summed E-state index contributed by atoms with van der Waals surface area (Å²) in [6, 6.07) is 8.95. The number of anilines is 1. The van der Waals surface area contributed by atoms with E-state index in [-0.39, 0.29) is 12.1 Å². The number of benzene rings is 1. The van der Waals surface area contributed by atoms with Gasteiger partial charge in [-0.15, -0.1) is 0 Å².